The highest BCUT2D eigenvalue weighted by Gasteiger charge is 2.03. The average Bonchev–Trinajstić information content (AvgIpc) is 2.27. The molecule has 2 aromatic carbocycles. The summed E-state index contributed by atoms with van der Waals surface area (Å²) in [5.74, 6) is 0. The second-order valence-corrected chi connectivity index (χ2v) is 4.38. The highest BCUT2D eigenvalue weighted by atomic mass is 14.6. The van der Waals surface area contributed by atoms with Crippen LogP contribution in [0, 0.1) is 0 Å². The van der Waals surface area contributed by atoms with E-state index in [0.29, 0.717) is 0 Å². The third kappa shape index (κ3) is 2.31. The minimum absolute atomic E-state index is 0.00499. The van der Waals surface area contributed by atoms with Crippen molar-refractivity contribution < 1.29 is 0 Å². The Morgan fingerprint density at radius 1 is 1.06 bits per heavy atom. The van der Waals surface area contributed by atoms with Crippen molar-refractivity contribution in [3.8, 4) is 0 Å². The molecule has 0 aromatic heterocycles. The number of rotatable bonds is 2. The van der Waals surface area contributed by atoms with Gasteiger partial charge >= 0.3 is 0 Å². The minimum atomic E-state index is -0.00499. The Kier molecular flexibility index (Phi) is 3.07. The Bertz CT molecular complexity index is 522. The van der Waals surface area contributed by atoms with Crippen LogP contribution in [0.25, 0.3) is 10.8 Å². The largest absolute Gasteiger partial charge is 0.321 e. The van der Waals surface area contributed by atoms with Gasteiger partial charge < -0.3 is 5.73 Å². The number of fused-ring (bicyclic) bond motifs is 1. The summed E-state index contributed by atoms with van der Waals surface area (Å²) in [4.78, 5) is 0. The molecule has 16 heavy (non-hydrogen) atoms. The zero-order valence-corrected chi connectivity index (χ0v) is 9.77. The Labute approximate surface area is 96.6 Å². The fourth-order valence-electron chi connectivity index (χ4n) is 1.87. The van der Waals surface area contributed by atoms with Crippen LogP contribution in [-0.4, -0.2) is 0 Å². The molecule has 0 aliphatic heterocycles. The van der Waals surface area contributed by atoms with Crippen molar-refractivity contribution in [1.29, 1.82) is 0 Å². The van der Waals surface area contributed by atoms with Gasteiger partial charge in [-0.1, -0.05) is 48.0 Å². The van der Waals surface area contributed by atoms with Gasteiger partial charge in [-0.2, -0.15) is 0 Å². The van der Waals surface area contributed by atoms with Crippen LogP contribution in [-0.2, 0) is 0 Å². The lowest BCUT2D eigenvalue weighted by molar-refractivity contribution is 0.901. The Morgan fingerprint density at radius 2 is 1.75 bits per heavy atom. The molecule has 1 nitrogen and oxygen atoms in total. The average molecular weight is 211 g/mol. The van der Waals surface area contributed by atoms with Crippen LogP contribution in [0.1, 0.15) is 25.5 Å². The molecule has 82 valence electrons. The van der Waals surface area contributed by atoms with Crippen LogP contribution in [0.3, 0.4) is 0 Å². The van der Waals surface area contributed by atoms with Gasteiger partial charge in [0.2, 0.25) is 0 Å². The van der Waals surface area contributed by atoms with Crippen molar-refractivity contribution in [1.82, 2.24) is 0 Å². The second-order valence-electron chi connectivity index (χ2n) is 4.38. The maximum absolute atomic E-state index is 6.11. The lowest BCUT2D eigenvalue weighted by Crippen LogP contribution is -2.07. The highest BCUT2D eigenvalue weighted by molar-refractivity contribution is 5.83. The molecule has 0 fully saturated rings. The number of hydrogen-bond acceptors (Lipinski definition) is 1. The van der Waals surface area contributed by atoms with Crippen LogP contribution in [0.2, 0.25) is 0 Å². The molecular formula is C15H17N. The normalized spacial score (nSPS) is 12.4. The van der Waals surface area contributed by atoms with Crippen LogP contribution < -0.4 is 5.73 Å². The first kappa shape index (κ1) is 10.9. The molecule has 0 aliphatic rings. The van der Waals surface area contributed by atoms with Gasteiger partial charge in [-0.15, -0.1) is 0 Å². The quantitative estimate of drug-likeness (QED) is 0.751. The molecule has 2 aromatic rings. The van der Waals surface area contributed by atoms with Crippen molar-refractivity contribution in [2.45, 2.75) is 19.9 Å². The van der Waals surface area contributed by atoms with E-state index in [-0.39, 0.29) is 6.04 Å². The van der Waals surface area contributed by atoms with Gasteiger partial charge in [0.15, 0.2) is 0 Å². The van der Waals surface area contributed by atoms with E-state index < -0.39 is 0 Å². The highest BCUT2D eigenvalue weighted by Crippen LogP contribution is 2.20. The maximum atomic E-state index is 6.11. The zero-order valence-electron chi connectivity index (χ0n) is 9.77. The molecular weight excluding hydrogens is 194 g/mol. The monoisotopic (exact) mass is 211 g/mol. The zero-order chi connectivity index (χ0) is 11.5. The van der Waals surface area contributed by atoms with Gasteiger partial charge in [-0.25, -0.2) is 0 Å². The number of allylic oxidation sites excluding steroid dienone is 1. The third-order valence-corrected chi connectivity index (χ3v) is 2.67. The van der Waals surface area contributed by atoms with Crippen molar-refractivity contribution in [2.75, 3.05) is 0 Å². The van der Waals surface area contributed by atoms with E-state index in [0.717, 1.165) is 0 Å². The van der Waals surface area contributed by atoms with Gasteiger partial charge in [-0.05, 0) is 36.2 Å². The van der Waals surface area contributed by atoms with E-state index in [1.807, 2.05) is 0 Å². The van der Waals surface area contributed by atoms with Crippen molar-refractivity contribution in [2.24, 2.45) is 5.73 Å². The molecule has 0 radical (unpaired) electrons. The van der Waals surface area contributed by atoms with Crippen molar-refractivity contribution in [3.05, 3.63) is 59.7 Å². The number of hydrogen-bond donors (Lipinski definition) is 1. The molecule has 0 bridgehead atoms. The Hall–Kier alpha value is -1.60. The molecule has 0 spiro atoms. The maximum Gasteiger partial charge on any atom is 0.0483 e. The van der Waals surface area contributed by atoms with Gasteiger partial charge in [-0.3, -0.25) is 0 Å². The fourth-order valence-corrected chi connectivity index (χ4v) is 1.87. The first-order chi connectivity index (χ1) is 7.66. The van der Waals surface area contributed by atoms with E-state index in [4.69, 9.17) is 5.73 Å². The molecule has 0 saturated heterocycles. The molecule has 0 saturated carbocycles. The van der Waals surface area contributed by atoms with Crippen LogP contribution in [0.15, 0.2) is 54.1 Å². The first-order valence-corrected chi connectivity index (χ1v) is 5.56. The third-order valence-electron chi connectivity index (χ3n) is 2.67. The lowest BCUT2D eigenvalue weighted by atomic mass is 10.0. The number of benzene rings is 2. The van der Waals surface area contributed by atoms with Crippen LogP contribution in [0.4, 0.5) is 0 Å². The molecule has 1 atom stereocenters. The van der Waals surface area contributed by atoms with E-state index >= 15 is 0 Å². The van der Waals surface area contributed by atoms with Crippen molar-refractivity contribution >= 4 is 10.8 Å². The van der Waals surface area contributed by atoms with E-state index in [1.54, 1.807) is 0 Å². The van der Waals surface area contributed by atoms with Gasteiger partial charge in [0.25, 0.3) is 0 Å². The first-order valence-electron chi connectivity index (χ1n) is 5.56. The summed E-state index contributed by atoms with van der Waals surface area (Å²) in [5.41, 5.74) is 8.53. The Morgan fingerprint density at radius 3 is 2.44 bits per heavy atom. The fraction of sp³-hybridized carbons (Fsp3) is 0.200. The van der Waals surface area contributed by atoms with E-state index in [2.05, 4.69) is 62.4 Å². The number of nitrogens with two attached hydrogens (primary N) is 1. The van der Waals surface area contributed by atoms with Gasteiger partial charge in [0.05, 0.1) is 0 Å². The van der Waals surface area contributed by atoms with E-state index in [9.17, 15) is 0 Å². The summed E-state index contributed by atoms with van der Waals surface area (Å²) >= 11 is 0. The molecule has 1 unspecified atom stereocenters. The van der Waals surface area contributed by atoms with Crippen molar-refractivity contribution in [3.63, 3.8) is 0 Å². The predicted molar refractivity (Wildman–Crippen MR) is 70.3 cm³/mol. The summed E-state index contributed by atoms with van der Waals surface area (Å²) < 4.78 is 0. The molecule has 0 amide bonds. The molecule has 1 heteroatoms. The summed E-state index contributed by atoms with van der Waals surface area (Å²) in [5, 5.41) is 2.51. The predicted octanol–water partition coefficient (Wildman–Crippen LogP) is 3.81. The summed E-state index contributed by atoms with van der Waals surface area (Å²) in [6.45, 7) is 4.14. The summed E-state index contributed by atoms with van der Waals surface area (Å²) in [6, 6.07) is 14.7. The van der Waals surface area contributed by atoms with E-state index in [1.165, 1.54) is 21.9 Å². The summed E-state index contributed by atoms with van der Waals surface area (Å²) in [7, 11) is 0. The minimum Gasteiger partial charge on any atom is -0.321 e. The van der Waals surface area contributed by atoms with Crippen LogP contribution >= 0.6 is 0 Å². The van der Waals surface area contributed by atoms with Gasteiger partial charge in [0.1, 0.15) is 0 Å². The molecule has 2 N–H and O–H groups in total. The molecule has 0 heterocycles. The Balaban J connectivity index is 2.43. The van der Waals surface area contributed by atoms with Crippen LogP contribution in [0.5, 0.6) is 0 Å². The SMILES string of the molecule is CC(C)=CC(N)c1ccc2ccccc2c1. The standard InChI is InChI=1S/C15H17N/c1-11(2)9-15(16)14-8-7-12-5-3-4-6-13(12)10-14/h3-10,15H,16H2,1-2H3. The summed E-state index contributed by atoms with van der Waals surface area (Å²) in [6.07, 6.45) is 2.09. The van der Waals surface area contributed by atoms with Gasteiger partial charge in [0, 0.05) is 6.04 Å². The molecule has 2 rings (SSSR count). The smallest absolute Gasteiger partial charge is 0.0483 e. The topological polar surface area (TPSA) is 26.0 Å². The molecule has 0 aliphatic carbocycles. The second kappa shape index (κ2) is 4.50. The lowest BCUT2D eigenvalue weighted by Gasteiger charge is -2.09.